The zero-order valence-electron chi connectivity index (χ0n) is 11.2. The van der Waals surface area contributed by atoms with Crippen molar-refractivity contribution in [2.75, 3.05) is 7.05 Å². The van der Waals surface area contributed by atoms with Crippen molar-refractivity contribution < 1.29 is 4.39 Å². The zero-order valence-corrected chi connectivity index (χ0v) is 12.8. The fourth-order valence-corrected chi connectivity index (χ4v) is 2.61. The molecule has 0 radical (unpaired) electrons. The number of aromatic nitrogens is 1. The van der Waals surface area contributed by atoms with E-state index < -0.39 is 0 Å². The highest BCUT2D eigenvalue weighted by Gasteiger charge is 2.19. The van der Waals surface area contributed by atoms with E-state index in [1.54, 1.807) is 12.1 Å². The van der Waals surface area contributed by atoms with Crippen LogP contribution >= 0.6 is 15.9 Å². The number of nitrogens with one attached hydrogen (secondary N) is 1. The quantitative estimate of drug-likeness (QED) is 0.926. The molecule has 2 rings (SSSR count). The van der Waals surface area contributed by atoms with Crippen molar-refractivity contribution >= 4 is 15.9 Å². The van der Waals surface area contributed by atoms with E-state index in [1.165, 1.54) is 0 Å². The summed E-state index contributed by atoms with van der Waals surface area (Å²) in [5.41, 5.74) is 3.49. The molecule has 2 aromatic rings. The fraction of sp³-hybridized carbons (Fsp3) is 0.267. The largest absolute Gasteiger partial charge is 0.309 e. The van der Waals surface area contributed by atoms with Crippen molar-refractivity contribution in [2.45, 2.75) is 19.9 Å². The van der Waals surface area contributed by atoms with E-state index in [4.69, 9.17) is 0 Å². The Morgan fingerprint density at radius 3 is 2.53 bits per heavy atom. The molecule has 0 aliphatic carbocycles. The summed E-state index contributed by atoms with van der Waals surface area (Å²) in [6.45, 7) is 3.90. The molecule has 2 nitrogen and oxygen atoms in total. The second-order valence-electron chi connectivity index (χ2n) is 4.49. The molecule has 0 saturated heterocycles. The van der Waals surface area contributed by atoms with Gasteiger partial charge in [-0.2, -0.15) is 0 Å². The van der Waals surface area contributed by atoms with Gasteiger partial charge in [-0.3, -0.25) is 4.98 Å². The normalized spacial score (nSPS) is 12.5. The van der Waals surface area contributed by atoms with E-state index in [2.05, 4.69) is 26.2 Å². The molecular weight excluding hydrogens is 307 g/mol. The SMILES string of the molecule is CNC(c1ccc(C)nc1C)c1cccc(Br)c1F. The molecule has 1 aromatic carbocycles. The van der Waals surface area contributed by atoms with Gasteiger partial charge in [-0.05, 0) is 54.5 Å². The van der Waals surface area contributed by atoms with Gasteiger partial charge in [-0.1, -0.05) is 18.2 Å². The first-order valence-corrected chi connectivity index (χ1v) is 6.89. The Morgan fingerprint density at radius 1 is 1.16 bits per heavy atom. The monoisotopic (exact) mass is 322 g/mol. The molecule has 0 bridgehead atoms. The first-order valence-electron chi connectivity index (χ1n) is 6.10. The molecular formula is C15H16BrFN2. The van der Waals surface area contributed by atoms with Crippen LogP contribution in [0.15, 0.2) is 34.8 Å². The second-order valence-corrected chi connectivity index (χ2v) is 5.35. The molecule has 100 valence electrons. The summed E-state index contributed by atoms with van der Waals surface area (Å²) in [6, 6.07) is 9.07. The van der Waals surface area contributed by atoms with Crippen LogP contribution in [-0.4, -0.2) is 12.0 Å². The second kappa shape index (κ2) is 5.80. The number of halogens is 2. The summed E-state index contributed by atoms with van der Waals surface area (Å²) in [4.78, 5) is 4.45. The van der Waals surface area contributed by atoms with Gasteiger partial charge in [0.2, 0.25) is 0 Å². The van der Waals surface area contributed by atoms with Crippen molar-refractivity contribution in [1.29, 1.82) is 0 Å². The number of benzene rings is 1. The number of hydrogen-bond donors (Lipinski definition) is 1. The lowest BCUT2D eigenvalue weighted by atomic mass is 9.97. The lowest BCUT2D eigenvalue weighted by Crippen LogP contribution is -2.20. The van der Waals surface area contributed by atoms with Crippen molar-refractivity contribution in [1.82, 2.24) is 10.3 Å². The molecule has 4 heteroatoms. The molecule has 0 amide bonds. The Hall–Kier alpha value is -1.26. The van der Waals surface area contributed by atoms with Crippen molar-refractivity contribution in [2.24, 2.45) is 0 Å². The Labute approximate surface area is 121 Å². The first kappa shape index (κ1) is 14.2. The van der Waals surface area contributed by atoms with Gasteiger partial charge in [-0.25, -0.2) is 4.39 Å². The highest BCUT2D eigenvalue weighted by molar-refractivity contribution is 9.10. The third-order valence-corrected chi connectivity index (χ3v) is 3.77. The molecule has 1 atom stereocenters. The molecule has 1 unspecified atom stereocenters. The maximum Gasteiger partial charge on any atom is 0.142 e. The minimum atomic E-state index is -0.234. The van der Waals surface area contributed by atoms with E-state index in [9.17, 15) is 4.39 Å². The van der Waals surface area contributed by atoms with E-state index >= 15 is 0 Å². The Balaban J connectivity index is 2.53. The van der Waals surface area contributed by atoms with Crippen molar-refractivity contribution in [3.8, 4) is 0 Å². The predicted octanol–water partition coefficient (Wildman–Crippen LogP) is 3.91. The number of hydrogen-bond acceptors (Lipinski definition) is 2. The van der Waals surface area contributed by atoms with Gasteiger partial charge in [-0.15, -0.1) is 0 Å². The van der Waals surface area contributed by atoms with Gasteiger partial charge in [0.05, 0.1) is 10.5 Å². The van der Waals surface area contributed by atoms with Crippen LogP contribution in [0, 0.1) is 19.7 Å². The summed E-state index contributed by atoms with van der Waals surface area (Å²) < 4.78 is 14.7. The van der Waals surface area contributed by atoms with Crippen LogP contribution in [0.5, 0.6) is 0 Å². The van der Waals surface area contributed by atoms with E-state index in [-0.39, 0.29) is 11.9 Å². The third kappa shape index (κ3) is 2.85. The van der Waals surface area contributed by atoms with Crippen LogP contribution in [0.1, 0.15) is 28.6 Å². The van der Waals surface area contributed by atoms with Crippen molar-refractivity contribution in [3.63, 3.8) is 0 Å². The summed E-state index contributed by atoms with van der Waals surface area (Å²) >= 11 is 3.23. The standard InChI is InChI=1S/C15H16BrFN2/c1-9-7-8-11(10(2)19-9)15(18-3)12-5-4-6-13(16)14(12)17/h4-8,15,18H,1-3H3. The third-order valence-electron chi connectivity index (χ3n) is 3.16. The molecule has 19 heavy (non-hydrogen) atoms. The van der Waals surface area contributed by atoms with E-state index in [1.807, 2.05) is 39.1 Å². The molecule has 0 spiro atoms. The van der Waals surface area contributed by atoms with Crippen molar-refractivity contribution in [3.05, 3.63) is 63.1 Å². The average molecular weight is 323 g/mol. The average Bonchev–Trinajstić information content (AvgIpc) is 2.37. The highest BCUT2D eigenvalue weighted by Crippen LogP contribution is 2.29. The molecule has 0 saturated carbocycles. The van der Waals surface area contributed by atoms with Crippen LogP contribution in [-0.2, 0) is 0 Å². The molecule has 1 N–H and O–H groups in total. The minimum Gasteiger partial charge on any atom is -0.309 e. The van der Waals surface area contributed by atoms with Gasteiger partial charge in [0, 0.05) is 17.0 Å². The van der Waals surface area contributed by atoms with Crippen LogP contribution in [0.25, 0.3) is 0 Å². The molecule has 0 aliphatic rings. The molecule has 0 fully saturated rings. The first-order chi connectivity index (χ1) is 9.04. The van der Waals surface area contributed by atoms with Crippen LogP contribution in [0.4, 0.5) is 4.39 Å². The van der Waals surface area contributed by atoms with Crippen LogP contribution in [0.3, 0.4) is 0 Å². The maximum absolute atomic E-state index is 14.2. The van der Waals surface area contributed by atoms with Crippen LogP contribution in [0.2, 0.25) is 0 Å². The zero-order chi connectivity index (χ0) is 14.0. The minimum absolute atomic E-state index is 0.203. The maximum atomic E-state index is 14.2. The molecule has 0 aliphatic heterocycles. The Kier molecular flexibility index (Phi) is 4.32. The number of aryl methyl sites for hydroxylation is 2. The van der Waals surface area contributed by atoms with Gasteiger partial charge in [0.1, 0.15) is 5.82 Å². The summed E-state index contributed by atoms with van der Waals surface area (Å²) in [5, 5.41) is 3.16. The Morgan fingerprint density at radius 2 is 1.89 bits per heavy atom. The number of nitrogens with zero attached hydrogens (tertiary/aromatic N) is 1. The molecule has 1 heterocycles. The summed E-state index contributed by atoms with van der Waals surface area (Å²) in [7, 11) is 1.82. The Bertz CT molecular complexity index is 599. The van der Waals surface area contributed by atoms with Gasteiger partial charge < -0.3 is 5.32 Å². The summed E-state index contributed by atoms with van der Waals surface area (Å²) in [6.07, 6.45) is 0. The fourth-order valence-electron chi connectivity index (χ4n) is 2.22. The van der Waals surface area contributed by atoms with Gasteiger partial charge >= 0.3 is 0 Å². The lowest BCUT2D eigenvalue weighted by Gasteiger charge is -2.20. The van der Waals surface area contributed by atoms with Gasteiger partial charge in [0.15, 0.2) is 0 Å². The predicted molar refractivity (Wildman–Crippen MR) is 78.7 cm³/mol. The van der Waals surface area contributed by atoms with Crippen LogP contribution < -0.4 is 5.32 Å². The number of rotatable bonds is 3. The highest BCUT2D eigenvalue weighted by atomic mass is 79.9. The topological polar surface area (TPSA) is 24.9 Å². The smallest absolute Gasteiger partial charge is 0.142 e. The van der Waals surface area contributed by atoms with E-state index in [0.717, 1.165) is 17.0 Å². The summed E-state index contributed by atoms with van der Waals surface area (Å²) in [5.74, 6) is -0.234. The number of pyridine rings is 1. The van der Waals surface area contributed by atoms with E-state index in [0.29, 0.717) is 10.0 Å². The molecule has 1 aromatic heterocycles. The lowest BCUT2D eigenvalue weighted by molar-refractivity contribution is 0.569. The van der Waals surface area contributed by atoms with Gasteiger partial charge in [0.25, 0.3) is 0 Å².